The van der Waals surface area contributed by atoms with Crippen molar-refractivity contribution in [2.24, 2.45) is 0 Å². The summed E-state index contributed by atoms with van der Waals surface area (Å²) in [5.74, 6) is -5.52. The van der Waals surface area contributed by atoms with Crippen molar-refractivity contribution < 1.29 is 27.5 Å². The van der Waals surface area contributed by atoms with E-state index < -0.39 is 30.1 Å². The molecule has 0 saturated carbocycles. The van der Waals surface area contributed by atoms with Gasteiger partial charge in [0.2, 0.25) is 0 Å². The van der Waals surface area contributed by atoms with Gasteiger partial charge in [0.1, 0.15) is 11.3 Å². The van der Waals surface area contributed by atoms with Crippen molar-refractivity contribution >= 4 is 29.0 Å². The minimum absolute atomic E-state index is 0.0831. The molecular weight excluding hydrogens is 489 g/mol. The third-order valence-electron chi connectivity index (χ3n) is 6.32. The molecule has 4 heterocycles. The Morgan fingerprint density at radius 1 is 1.16 bits per heavy atom. The van der Waals surface area contributed by atoms with E-state index in [0.29, 0.717) is 23.1 Å². The van der Waals surface area contributed by atoms with Gasteiger partial charge in [0.25, 0.3) is 5.91 Å². The molecule has 0 aliphatic carbocycles. The summed E-state index contributed by atoms with van der Waals surface area (Å²) in [4.78, 5) is 34.3. The summed E-state index contributed by atoms with van der Waals surface area (Å²) in [6.45, 7) is 2.10. The molecule has 2 aliphatic heterocycles. The number of pyridine rings is 1. The van der Waals surface area contributed by atoms with Crippen LogP contribution in [0.15, 0.2) is 60.6 Å². The molecule has 2 saturated heterocycles. The van der Waals surface area contributed by atoms with Crippen LogP contribution in [0.3, 0.4) is 0 Å². The number of carbonyl (C=O) groups excluding carboxylic acids is 2. The Morgan fingerprint density at radius 3 is 2.65 bits per heavy atom. The summed E-state index contributed by atoms with van der Waals surface area (Å²) in [6.07, 6.45) is 1.43. The second-order valence-electron chi connectivity index (χ2n) is 8.96. The molecule has 12 heteroatoms. The fourth-order valence-corrected chi connectivity index (χ4v) is 4.60. The molecule has 2 aliphatic rings. The van der Waals surface area contributed by atoms with E-state index in [1.165, 1.54) is 6.08 Å². The van der Waals surface area contributed by atoms with E-state index in [2.05, 4.69) is 30.8 Å². The van der Waals surface area contributed by atoms with Gasteiger partial charge in [0, 0.05) is 29.9 Å². The number of alkyl halides is 3. The average molecular weight is 515 g/mol. The summed E-state index contributed by atoms with van der Waals surface area (Å²) in [5, 5.41) is 8.74. The molecule has 37 heavy (non-hydrogen) atoms. The number of benzene rings is 1. The van der Waals surface area contributed by atoms with Gasteiger partial charge in [-0.15, -0.1) is 0 Å². The van der Waals surface area contributed by atoms with Crippen LogP contribution in [0.1, 0.15) is 30.0 Å². The number of hydrogen-bond donors (Lipinski definition) is 4. The number of likely N-dealkylation sites (tertiary alicyclic amines) is 1. The number of H-pyrrole nitrogens is 1. The van der Waals surface area contributed by atoms with Crippen molar-refractivity contribution in [3.63, 3.8) is 0 Å². The number of nitrogens with zero attached hydrogens (tertiary/aromatic N) is 2. The average Bonchev–Trinajstić information content (AvgIpc) is 3.59. The van der Waals surface area contributed by atoms with Gasteiger partial charge in [0.15, 0.2) is 0 Å². The Morgan fingerprint density at radius 2 is 1.92 bits per heavy atom. The molecule has 0 spiro atoms. The Labute approximate surface area is 210 Å². The van der Waals surface area contributed by atoms with Gasteiger partial charge < -0.3 is 19.9 Å². The third-order valence-corrected chi connectivity index (χ3v) is 6.32. The molecule has 2 aromatic heterocycles. The van der Waals surface area contributed by atoms with Crippen LogP contribution in [0.4, 0.5) is 13.2 Å². The fraction of sp³-hybridized carbons (Fsp3) is 0.320. The van der Waals surface area contributed by atoms with Gasteiger partial charge in [-0.25, -0.2) is 15.1 Å². The number of rotatable bonds is 7. The number of fused-ring (bicyclic) bond motifs is 1. The summed E-state index contributed by atoms with van der Waals surface area (Å²) in [5.41, 5.74) is 1.83. The number of halogens is 3. The number of ether oxygens (including phenoxy) is 1. The van der Waals surface area contributed by atoms with Gasteiger partial charge in [-0.2, -0.15) is 13.2 Å². The molecule has 1 amide bonds. The standard InChI is InChI=1S/C25H25F3N6O3/c26-24(27,28)23(36)37-25(32-20(15-34-11-4-5-12-34)16-7-2-1-3-8-16)31-19(22(35)33-25)13-17-14-30-21-18(17)9-6-10-29-21/h1-3,6-10,13-14,20,31-32H,4-5,11-12,15H2,(H,29,30)(H,33,35)/t20-,25?/m1/s1. The van der Waals surface area contributed by atoms with Crippen molar-refractivity contribution in [2.75, 3.05) is 19.6 Å². The molecule has 5 rings (SSSR count). The first-order valence-electron chi connectivity index (χ1n) is 11.8. The molecule has 2 atom stereocenters. The molecule has 1 aromatic carbocycles. The number of aromatic nitrogens is 2. The zero-order valence-corrected chi connectivity index (χ0v) is 19.6. The molecule has 9 nitrogen and oxygen atoms in total. The van der Waals surface area contributed by atoms with Crippen LogP contribution in [0.2, 0.25) is 0 Å². The topological polar surface area (TPSA) is 111 Å². The maximum Gasteiger partial charge on any atom is 0.491 e. The first kappa shape index (κ1) is 24.8. The zero-order valence-electron chi connectivity index (χ0n) is 19.6. The van der Waals surface area contributed by atoms with Crippen molar-refractivity contribution in [1.82, 2.24) is 30.8 Å². The van der Waals surface area contributed by atoms with E-state index in [1.54, 1.807) is 36.7 Å². The Balaban J connectivity index is 1.49. The molecular formula is C25H25F3N6O3. The lowest BCUT2D eigenvalue weighted by atomic mass is 10.1. The van der Waals surface area contributed by atoms with Crippen LogP contribution >= 0.6 is 0 Å². The minimum Gasteiger partial charge on any atom is -0.399 e. The van der Waals surface area contributed by atoms with Gasteiger partial charge >= 0.3 is 18.1 Å². The van der Waals surface area contributed by atoms with Gasteiger partial charge in [-0.05, 0) is 49.7 Å². The van der Waals surface area contributed by atoms with Crippen molar-refractivity contribution in [2.45, 2.75) is 31.0 Å². The van der Waals surface area contributed by atoms with Crippen LogP contribution < -0.4 is 16.0 Å². The Kier molecular flexibility index (Phi) is 6.61. The van der Waals surface area contributed by atoms with Crippen LogP contribution in [-0.4, -0.2) is 58.5 Å². The first-order valence-corrected chi connectivity index (χ1v) is 11.8. The van der Waals surface area contributed by atoms with Gasteiger partial charge in [-0.3, -0.25) is 10.1 Å². The molecule has 194 valence electrons. The van der Waals surface area contributed by atoms with Crippen molar-refractivity contribution in [1.29, 1.82) is 0 Å². The molecule has 0 radical (unpaired) electrons. The molecule has 3 aromatic rings. The smallest absolute Gasteiger partial charge is 0.399 e. The molecule has 2 fully saturated rings. The number of esters is 1. The molecule has 0 bridgehead atoms. The highest BCUT2D eigenvalue weighted by molar-refractivity contribution is 6.02. The summed E-state index contributed by atoms with van der Waals surface area (Å²) >= 11 is 0. The second kappa shape index (κ2) is 9.87. The third kappa shape index (κ3) is 5.44. The lowest BCUT2D eigenvalue weighted by Gasteiger charge is -2.35. The Bertz CT molecular complexity index is 1320. The lowest BCUT2D eigenvalue weighted by Crippen LogP contribution is -2.66. The fourth-order valence-electron chi connectivity index (χ4n) is 4.60. The van der Waals surface area contributed by atoms with Crippen molar-refractivity contribution in [3.8, 4) is 0 Å². The monoisotopic (exact) mass is 514 g/mol. The summed E-state index contributed by atoms with van der Waals surface area (Å²) in [6, 6.07) is 12.0. The van der Waals surface area contributed by atoms with Crippen LogP contribution in [0.25, 0.3) is 17.1 Å². The van der Waals surface area contributed by atoms with Crippen LogP contribution in [-0.2, 0) is 14.3 Å². The SMILES string of the molecule is O=C1NC(N[C@H](CN2CCCC2)c2ccccc2)(OC(=O)C(F)(F)F)NC1=Cc1c[nH]c2ncccc12. The van der Waals surface area contributed by atoms with E-state index >= 15 is 0 Å². The number of aromatic amines is 1. The van der Waals surface area contributed by atoms with E-state index in [4.69, 9.17) is 4.74 Å². The number of nitrogens with one attached hydrogen (secondary N) is 4. The van der Waals surface area contributed by atoms with Crippen LogP contribution in [0, 0.1) is 0 Å². The second-order valence-corrected chi connectivity index (χ2v) is 8.96. The molecule has 1 unspecified atom stereocenters. The van der Waals surface area contributed by atoms with E-state index in [0.717, 1.165) is 31.5 Å². The zero-order chi connectivity index (χ0) is 26.0. The highest BCUT2D eigenvalue weighted by Gasteiger charge is 2.52. The highest BCUT2D eigenvalue weighted by atomic mass is 19.4. The normalized spacial score (nSPS) is 22.2. The number of amides is 1. The summed E-state index contributed by atoms with van der Waals surface area (Å²) in [7, 11) is 0. The maximum absolute atomic E-state index is 13.3. The lowest BCUT2D eigenvalue weighted by molar-refractivity contribution is -0.222. The van der Waals surface area contributed by atoms with Crippen LogP contribution in [0.5, 0.6) is 0 Å². The number of hydrogen-bond acceptors (Lipinski definition) is 7. The van der Waals surface area contributed by atoms with E-state index in [9.17, 15) is 22.8 Å². The molecule has 4 N–H and O–H groups in total. The van der Waals surface area contributed by atoms with E-state index in [-0.39, 0.29) is 5.70 Å². The largest absolute Gasteiger partial charge is 0.491 e. The minimum atomic E-state index is -5.27. The summed E-state index contributed by atoms with van der Waals surface area (Å²) < 4.78 is 44.7. The quantitative estimate of drug-likeness (QED) is 0.218. The van der Waals surface area contributed by atoms with E-state index in [1.807, 2.05) is 18.2 Å². The predicted octanol–water partition coefficient (Wildman–Crippen LogP) is 2.77. The Hall–Kier alpha value is -3.90. The first-order chi connectivity index (χ1) is 17.7. The van der Waals surface area contributed by atoms with Gasteiger partial charge in [0.05, 0.1) is 6.04 Å². The maximum atomic E-state index is 13.3. The van der Waals surface area contributed by atoms with Gasteiger partial charge in [-0.1, -0.05) is 30.3 Å². The number of carbonyl (C=O) groups is 2. The predicted molar refractivity (Wildman–Crippen MR) is 128 cm³/mol. The van der Waals surface area contributed by atoms with Crippen molar-refractivity contribution in [3.05, 3.63) is 71.7 Å². The highest BCUT2D eigenvalue weighted by Crippen LogP contribution is 2.27.